The Kier molecular flexibility index (Phi) is 6.42. The van der Waals surface area contributed by atoms with Gasteiger partial charge in [0.15, 0.2) is 0 Å². The number of aromatic nitrogens is 3. The summed E-state index contributed by atoms with van der Waals surface area (Å²) in [7, 11) is 1.50. The van der Waals surface area contributed by atoms with E-state index in [2.05, 4.69) is 26.0 Å². The molecule has 0 spiro atoms. The molecule has 0 bridgehead atoms. The smallest absolute Gasteiger partial charge is 0.202 e. The van der Waals surface area contributed by atoms with Crippen LogP contribution in [0.15, 0.2) is 30.6 Å². The largest absolute Gasteiger partial charge is 0.398 e. The highest BCUT2D eigenvalue weighted by Gasteiger charge is 2.22. The summed E-state index contributed by atoms with van der Waals surface area (Å²) in [6, 6.07) is 4.22. The van der Waals surface area contributed by atoms with Crippen LogP contribution in [0.25, 0.3) is 17.0 Å². The van der Waals surface area contributed by atoms with E-state index in [0.717, 1.165) is 24.1 Å². The number of anilines is 1. The number of aliphatic hydroxyl groups is 1. The van der Waals surface area contributed by atoms with Crippen molar-refractivity contribution in [2.45, 2.75) is 18.9 Å². The molecule has 8 heteroatoms. The summed E-state index contributed by atoms with van der Waals surface area (Å²) in [4.78, 5) is 11.8. The van der Waals surface area contributed by atoms with Crippen molar-refractivity contribution in [1.29, 1.82) is 0 Å². The van der Waals surface area contributed by atoms with Crippen molar-refractivity contribution < 1.29 is 5.11 Å². The molecule has 7 N–H and O–H groups in total. The molecule has 0 aromatic carbocycles. The van der Waals surface area contributed by atoms with Gasteiger partial charge in [0.05, 0.1) is 17.9 Å². The van der Waals surface area contributed by atoms with Gasteiger partial charge in [-0.05, 0) is 38.1 Å². The number of pyridine rings is 1. The lowest BCUT2D eigenvalue weighted by Crippen LogP contribution is -2.10. The molecule has 1 aliphatic carbocycles. The Morgan fingerprint density at radius 2 is 2.25 bits per heavy atom. The van der Waals surface area contributed by atoms with Gasteiger partial charge in [0.25, 0.3) is 0 Å². The Labute approximate surface area is 145 Å². The van der Waals surface area contributed by atoms with Crippen LogP contribution in [0.3, 0.4) is 0 Å². The Morgan fingerprint density at radius 3 is 2.83 bits per heavy atom. The Morgan fingerprint density at radius 1 is 1.50 bits per heavy atom. The van der Waals surface area contributed by atoms with E-state index in [9.17, 15) is 0 Å². The second-order valence-electron chi connectivity index (χ2n) is 5.14. The van der Waals surface area contributed by atoms with E-state index in [1.165, 1.54) is 13.1 Å². The van der Waals surface area contributed by atoms with Gasteiger partial charge in [0, 0.05) is 29.7 Å². The zero-order chi connectivity index (χ0) is 17.5. The fourth-order valence-electron chi connectivity index (χ4n) is 2.16. The molecule has 0 radical (unpaired) electrons. The van der Waals surface area contributed by atoms with Crippen LogP contribution in [-0.2, 0) is 0 Å². The van der Waals surface area contributed by atoms with E-state index in [-0.39, 0.29) is 6.61 Å². The van der Waals surface area contributed by atoms with Crippen LogP contribution in [0.5, 0.6) is 0 Å². The Hall–Kier alpha value is -2.29. The summed E-state index contributed by atoms with van der Waals surface area (Å²) >= 11 is 5.40. The first-order chi connectivity index (χ1) is 11.7. The minimum absolute atomic E-state index is 0.158. The first kappa shape index (κ1) is 18.1. The van der Waals surface area contributed by atoms with E-state index in [4.69, 9.17) is 23.1 Å². The number of hydrogen-bond acceptors (Lipinski definition) is 7. The van der Waals surface area contributed by atoms with E-state index >= 15 is 0 Å². The van der Waals surface area contributed by atoms with Crippen molar-refractivity contribution in [2.75, 3.05) is 19.0 Å². The van der Waals surface area contributed by atoms with Crippen LogP contribution in [-0.4, -0.2) is 39.8 Å². The number of nitrogens with one attached hydrogen (secondary N) is 2. The standard InChI is InChI=1S/C15H17N5OS.CH5N/c16-11(5-7-21)12-13(9-2-1-6-17-8-9)19-15(20-14(12)22)18-10-3-4-10;1-2/h1-2,5-6,8,10,21H,3-4,7,16H2,(H2,18,19,20,22);2H2,1H3/b11-5-;. The molecular weight excluding hydrogens is 324 g/mol. The number of hydrogen-bond donors (Lipinski definition) is 5. The van der Waals surface area contributed by atoms with Gasteiger partial charge < -0.3 is 26.9 Å². The summed E-state index contributed by atoms with van der Waals surface area (Å²) in [6.45, 7) is -0.158. The molecule has 0 atom stereocenters. The van der Waals surface area contributed by atoms with Gasteiger partial charge in [-0.3, -0.25) is 4.98 Å². The van der Waals surface area contributed by atoms with Crippen LogP contribution in [0.2, 0.25) is 0 Å². The molecule has 2 aromatic rings. The maximum absolute atomic E-state index is 9.09. The average molecular weight is 346 g/mol. The highest BCUT2D eigenvalue weighted by Crippen LogP contribution is 2.28. The summed E-state index contributed by atoms with van der Waals surface area (Å²) in [5.74, 6) is 0.631. The fraction of sp³-hybridized carbons (Fsp3) is 0.312. The molecule has 1 saturated carbocycles. The molecule has 2 heterocycles. The number of nitrogens with zero attached hydrogens (tertiary/aromatic N) is 2. The van der Waals surface area contributed by atoms with E-state index in [0.29, 0.717) is 27.9 Å². The van der Waals surface area contributed by atoms with Crippen molar-refractivity contribution in [3.05, 3.63) is 40.8 Å². The van der Waals surface area contributed by atoms with Gasteiger partial charge in [-0.1, -0.05) is 12.2 Å². The predicted molar refractivity (Wildman–Crippen MR) is 98.7 cm³/mol. The second kappa shape index (κ2) is 8.53. The number of aliphatic hydroxyl groups excluding tert-OH is 1. The lowest BCUT2D eigenvalue weighted by atomic mass is 10.1. The number of rotatable bonds is 5. The number of aromatic amines is 1. The summed E-state index contributed by atoms with van der Waals surface area (Å²) in [5, 5.41) is 12.4. The molecule has 0 aliphatic heterocycles. The maximum atomic E-state index is 9.09. The highest BCUT2D eigenvalue weighted by atomic mass is 32.1. The molecular formula is C16H22N6OS. The lowest BCUT2D eigenvalue weighted by molar-refractivity contribution is 0.343. The van der Waals surface area contributed by atoms with Crippen molar-refractivity contribution in [2.24, 2.45) is 11.5 Å². The maximum Gasteiger partial charge on any atom is 0.202 e. The highest BCUT2D eigenvalue weighted by molar-refractivity contribution is 7.71. The van der Waals surface area contributed by atoms with E-state index in [1.807, 2.05) is 12.1 Å². The minimum atomic E-state index is -0.158. The van der Waals surface area contributed by atoms with Gasteiger partial charge in [-0.25, -0.2) is 4.98 Å². The topological polar surface area (TPSA) is 126 Å². The molecule has 24 heavy (non-hydrogen) atoms. The van der Waals surface area contributed by atoms with E-state index in [1.54, 1.807) is 12.4 Å². The van der Waals surface area contributed by atoms with Crippen LogP contribution >= 0.6 is 12.2 Å². The average Bonchev–Trinajstić information content (AvgIpc) is 3.41. The summed E-state index contributed by atoms with van der Waals surface area (Å²) in [6.07, 6.45) is 7.22. The monoisotopic (exact) mass is 346 g/mol. The molecule has 7 nitrogen and oxygen atoms in total. The van der Waals surface area contributed by atoms with Gasteiger partial charge in [-0.15, -0.1) is 0 Å². The second-order valence-corrected chi connectivity index (χ2v) is 5.53. The summed E-state index contributed by atoms with van der Waals surface area (Å²) in [5.41, 5.74) is 13.2. The SMILES string of the molecule is CN.N/C(=C\CO)c1c(-c2cccnc2)[nH]c(NC2CC2)nc1=S. The third-order valence-corrected chi connectivity index (χ3v) is 3.68. The van der Waals surface area contributed by atoms with Crippen LogP contribution < -0.4 is 16.8 Å². The molecule has 0 saturated heterocycles. The van der Waals surface area contributed by atoms with Gasteiger partial charge >= 0.3 is 0 Å². The van der Waals surface area contributed by atoms with E-state index < -0.39 is 0 Å². The quantitative estimate of drug-likeness (QED) is 0.521. The third-order valence-electron chi connectivity index (χ3n) is 3.39. The van der Waals surface area contributed by atoms with Crippen molar-refractivity contribution in [3.63, 3.8) is 0 Å². The molecule has 2 aromatic heterocycles. The number of H-pyrrole nitrogens is 1. The van der Waals surface area contributed by atoms with Crippen LogP contribution in [0, 0.1) is 4.64 Å². The van der Waals surface area contributed by atoms with Crippen molar-refractivity contribution in [3.8, 4) is 11.3 Å². The first-order valence-corrected chi connectivity index (χ1v) is 8.05. The van der Waals surface area contributed by atoms with Gasteiger partial charge in [0.2, 0.25) is 5.95 Å². The Bertz CT molecular complexity index is 755. The molecule has 1 aliphatic rings. The van der Waals surface area contributed by atoms with Gasteiger partial charge in [0.1, 0.15) is 4.64 Å². The molecule has 1 fully saturated rings. The molecule has 128 valence electrons. The van der Waals surface area contributed by atoms with Crippen LogP contribution in [0.4, 0.5) is 5.95 Å². The van der Waals surface area contributed by atoms with Crippen molar-refractivity contribution >= 4 is 23.9 Å². The Balaban J connectivity index is 0.00000100. The normalized spacial score (nSPS) is 13.9. The molecule has 0 unspecified atom stereocenters. The minimum Gasteiger partial charge on any atom is -0.398 e. The zero-order valence-electron chi connectivity index (χ0n) is 13.5. The fourth-order valence-corrected chi connectivity index (χ4v) is 2.47. The first-order valence-electron chi connectivity index (χ1n) is 7.65. The van der Waals surface area contributed by atoms with Crippen molar-refractivity contribution in [1.82, 2.24) is 15.0 Å². The van der Waals surface area contributed by atoms with Crippen LogP contribution in [0.1, 0.15) is 18.4 Å². The van der Waals surface area contributed by atoms with Gasteiger partial charge in [-0.2, -0.15) is 0 Å². The predicted octanol–water partition coefficient (Wildman–Crippen LogP) is 1.64. The molecule has 3 rings (SSSR count). The third kappa shape index (κ3) is 4.38. The lowest BCUT2D eigenvalue weighted by Gasteiger charge is -2.13. The molecule has 0 amide bonds. The number of nitrogens with two attached hydrogens (primary N) is 2. The summed E-state index contributed by atoms with van der Waals surface area (Å²) < 4.78 is 0.392. The zero-order valence-corrected chi connectivity index (χ0v) is 14.3.